The zero-order chi connectivity index (χ0) is 28.5. The minimum Gasteiger partial charge on any atom is -0.318 e. The second-order valence-electron chi connectivity index (χ2n) is 8.42. The number of hydrogen-bond acceptors (Lipinski definition) is 8. The van der Waals surface area contributed by atoms with Crippen LogP contribution in [0.4, 0.5) is 0 Å². The van der Waals surface area contributed by atoms with Crippen molar-refractivity contribution in [2.24, 2.45) is 5.16 Å². The fraction of sp³-hybridized carbons (Fsp3) is 0.100. The molecule has 0 radical (unpaired) electrons. The summed E-state index contributed by atoms with van der Waals surface area (Å²) in [4.78, 5) is 32.4. The van der Waals surface area contributed by atoms with E-state index in [1.54, 1.807) is 91.0 Å². The highest BCUT2D eigenvalue weighted by atomic mass is 35.5. The lowest BCUT2D eigenvalue weighted by atomic mass is 10.1. The lowest BCUT2D eigenvalue weighted by molar-refractivity contribution is -0.140. The number of nitrogens with zero attached hydrogens (tertiary/aromatic N) is 1. The predicted octanol–water partition coefficient (Wildman–Crippen LogP) is 7.61. The van der Waals surface area contributed by atoms with E-state index in [0.29, 0.717) is 22.8 Å². The number of ketones is 1. The molecular formula is C30H24ClNO5S3. The van der Waals surface area contributed by atoms with Gasteiger partial charge in [-0.2, -0.15) is 0 Å². The van der Waals surface area contributed by atoms with Crippen LogP contribution in [0.5, 0.6) is 0 Å². The van der Waals surface area contributed by atoms with Crippen LogP contribution in [0.1, 0.15) is 23.7 Å². The minimum absolute atomic E-state index is 0.146. The number of carbonyl (C=O) groups is 2. The summed E-state index contributed by atoms with van der Waals surface area (Å²) in [5.74, 6) is -0.382. The van der Waals surface area contributed by atoms with E-state index >= 15 is 0 Å². The molecule has 0 fully saturated rings. The third kappa shape index (κ3) is 8.08. The van der Waals surface area contributed by atoms with Gasteiger partial charge < -0.3 is 4.84 Å². The highest BCUT2D eigenvalue weighted by Gasteiger charge is 2.18. The zero-order valence-electron chi connectivity index (χ0n) is 21.3. The molecule has 0 unspecified atom stereocenters. The Morgan fingerprint density at radius 3 is 1.93 bits per heavy atom. The van der Waals surface area contributed by atoms with E-state index in [-0.39, 0.29) is 21.3 Å². The molecule has 0 N–H and O–H groups in total. The van der Waals surface area contributed by atoms with Gasteiger partial charge in [0, 0.05) is 44.4 Å². The van der Waals surface area contributed by atoms with E-state index in [2.05, 4.69) is 5.16 Å². The fourth-order valence-electron chi connectivity index (χ4n) is 3.52. The van der Waals surface area contributed by atoms with Gasteiger partial charge in [0.2, 0.25) is 15.6 Å². The number of thioether (sulfide) groups is 1. The molecule has 0 aromatic heterocycles. The zero-order valence-corrected chi connectivity index (χ0v) is 24.5. The molecule has 6 nitrogen and oxygen atoms in total. The Hall–Kier alpha value is -3.37. The Kier molecular flexibility index (Phi) is 10.2. The summed E-state index contributed by atoms with van der Waals surface area (Å²) >= 11 is 8.91. The van der Waals surface area contributed by atoms with Crippen LogP contribution in [0.25, 0.3) is 0 Å². The van der Waals surface area contributed by atoms with Crippen molar-refractivity contribution < 1.29 is 22.8 Å². The Morgan fingerprint density at radius 2 is 1.32 bits per heavy atom. The van der Waals surface area contributed by atoms with Crippen molar-refractivity contribution in [1.82, 2.24) is 0 Å². The molecule has 0 saturated heterocycles. The fourth-order valence-corrected chi connectivity index (χ4v) is 6.60. The van der Waals surface area contributed by atoms with Crippen molar-refractivity contribution in [3.63, 3.8) is 0 Å². The summed E-state index contributed by atoms with van der Waals surface area (Å²) in [5, 5.41) is 4.46. The molecule has 0 spiro atoms. The molecule has 0 aliphatic rings. The lowest BCUT2D eigenvalue weighted by Gasteiger charge is -2.08. The van der Waals surface area contributed by atoms with Crippen LogP contribution < -0.4 is 0 Å². The largest absolute Gasteiger partial charge is 0.331 e. The third-order valence-electron chi connectivity index (χ3n) is 5.51. The second-order valence-corrected chi connectivity index (χ2v) is 13.1. The Balaban J connectivity index is 1.41. The summed E-state index contributed by atoms with van der Waals surface area (Å²) in [5.41, 5.74) is 0.559. The molecule has 0 bridgehead atoms. The first-order chi connectivity index (χ1) is 19.2. The van der Waals surface area contributed by atoms with Crippen LogP contribution in [0.3, 0.4) is 0 Å². The maximum atomic E-state index is 13.1. The highest BCUT2D eigenvalue weighted by molar-refractivity contribution is 7.99. The standard InChI is InChI=1S/C30H24ClNO5S3/c1-21(33)37-32-29(19-20-38-24-13-9-23(31)10-14-24)30(34)22-7-11-25(12-8-22)39-26-15-17-28(18-16-26)40(35,36)27-5-3-2-4-6-27/h2-18H,19-20H2,1H3/b32-29+. The quantitative estimate of drug-likeness (QED) is 0.0568. The predicted molar refractivity (Wildman–Crippen MR) is 159 cm³/mol. The van der Waals surface area contributed by atoms with Crippen molar-refractivity contribution in [2.45, 2.75) is 37.8 Å². The van der Waals surface area contributed by atoms with Gasteiger partial charge in [-0.3, -0.25) is 4.79 Å². The second kappa shape index (κ2) is 13.8. The average molecular weight is 610 g/mol. The molecule has 40 heavy (non-hydrogen) atoms. The highest BCUT2D eigenvalue weighted by Crippen LogP contribution is 2.30. The number of rotatable bonds is 11. The van der Waals surface area contributed by atoms with Gasteiger partial charge in [-0.05, 0) is 84.9 Å². The summed E-state index contributed by atoms with van der Waals surface area (Å²) < 4.78 is 25.6. The van der Waals surface area contributed by atoms with Crippen LogP contribution in [-0.4, -0.2) is 31.6 Å². The third-order valence-corrected chi connectivity index (χ3v) is 9.57. The Morgan fingerprint density at radius 1 is 0.775 bits per heavy atom. The number of carbonyl (C=O) groups excluding carboxylic acids is 2. The Labute approximate surface area is 246 Å². The first kappa shape index (κ1) is 29.6. The van der Waals surface area contributed by atoms with Gasteiger partial charge in [0.05, 0.1) is 9.79 Å². The summed E-state index contributed by atoms with van der Waals surface area (Å²) in [6.07, 6.45) is 0.300. The molecule has 0 amide bonds. The Bertz CT molecular complexity index is 1610. The number of sulfone groups is 1. The van der Waals surface area contributed by atoms with Gasteiger partial charge >= 0.3 is 5.97 Å². The van der Waals surface area contributed by atoms with Gasteiger partial charge in [0.1, 0.15) is 5.71 Å². The van der Waals surface area contributed by atoms with Crippen LogP contribution in [0.2, 0.25) is 5.02 Å². The maximum Gasteiger partial charge on any atom is 0.331 e. The van der Waals surface area contributed by atoms with Crippen molar-refractivity contribution in [3.8, 4) is 0 Å². The SMILES string of the molecule is CC(=O)O/N=C(\CCSc1ccc(Cl)cc1)C(=O)c1ccc(Sc2ccc(S(=O)(=O)c3ccccc3)cc2)cc1. The van der Waals surface area contributed by atoms with E-state index in [1.807, 2.05) is 12.1 Å². The smallest absolute Gasteiger partial charge is 0.318 e. The molecule has 204 valence electrons. The average Bonchev–Trinajstić information content (AvgIpc) is 2.96. The molecule has 4 aromatic rings. The molecule has 0 aliphatic heterocycles. The number of Topliss-reactive ketones (excluding diaryl/α,β-unsaturated/α-hetero) is 1. The lowest BCUT2D eigenvalue weighted by Crippen LogP contribution is -2.16. The summed E-state index contributed by atoms with van der Waals surface area (Å²) in [6, 6.07) is 29.3. The molecular weight excluding hydrogens is 586 g/mol. The van der Waals surface area contributed by atoms with E-state index in [4.69, 9.17) is 16.4 Å². The van der Waals surface area contributed by atoms with Crippen LogP contribution in [0, 0.1) is 0 Å². The van der Waals surface area contributed by atoms with Crippen LogP contribution in [0.15, 0.2) is 133 Å². The van der Waals surface area contributed by atoms with Crippen LogP contribution in [-0.2, 0) is 19.5 Å². The first-order valence-corrected chi connectivity index (χ1v) is 15.7. The molecule has 0 aliphatic carbocycles. The molecule has 10 heteroatoms. The van der Waals surface area contributed by atoms with E-state index < -0.39 is 15.8 Å². The minimum atomic E-state index is -3.58. The van der Waals surface area contributed by atoms with Gasteiger partial charge in [0.15, 0.2) is 0 Å². The first-order valence-electron chi connectivity index (χ1n) is 12.1. The van der Waals surface area contributed by atoms with Crippen molar-refractivity contribution in [2.75, 3.05) is 5.75 Å². The molecule has 0 heterocycles. The van der Waals surface area contributed by atoms with Gasteiger partial charge in [-0.25, -0.2) is 13.2 Å². The normalized spacial score (nSPS) is 11.7. The van der Waals surface area contributed by atoms with Gasteiger partial charge in [-0.1, -0.05) is 46.7 Å². The molecule has 4 rings (SSSR count). The van der Waals surface area contributed by atoms with Gasteiger partial charge in [0.25, 0.3) is 0 Å². The number of benzene rings is 4. The topological polar surface area (TPSA) is 89.9 Å². The molecule has 4 aromatic carbocycles. The summed E-state index contributed by atoms with van der Waals surface area (Å²) in [6.45, 7) is 1.23. The number of hydrogen-bond donors (Lipinski definition) is 0. The maximum absolute atomic E-state index is 13.1. The molecule has 0 saturated carbocycles. The van der Waals surface area contributed by atoms with E-state index in [0.717, 1.165) is 14.7 Å². The van der Waals surface area contributed by atoms with E-state index in [9.17, 15) is 18.0 Å². The van der Waals surface area contributed by atoms with Gasteiger partial charge in [-0.15, -0.1) is 11.8 Å². The van der Waals surface area contributed by atoms with Crippen molar-refractivity contribution >= 4 is 62.4 Å². The van der Waals surface area contributed by atoms with Crippen LogP contribution >= 0.6 is 35.1 Å². The van der Waals surface area contributed by atoms with Crippen molar-refractivity contribution in [3.05, 3.63) is 114 Å². The number of halogens is 1. The van der Waals surface area contributed by atoms with Crippen molar-refractivity contribution in [1.29, 1.82) is 0 Å². The number of oxime groups is 1. The van der Waals surface area contributed by atoms with E-state index in [1.165, 1.54) is 30.4 Å². The monoisotopic (exact) mass is 609 g/mol. The summed E-state index contributed by atoms with van der Waals surface area (Å²) in [7, 11) is -3.58. The molecule has 0 atom stereocenters.